The quantitative estimate of drug-likeness (QED) is 0.856. The third kappa shape index (κ3) is 3.92. The highest BCUT2D eigenvalue weighted by molar-refractivity contribution is 5.84. The molecule has 0 bridgehead atoms. The Kier molecular flexibility index (Phi) is 5.52. The molecule has 2 N–H and O–H groups in total. The number of benzene rings is 2. The molecule has 0 aromatic heterocycles. The number of nitrogens with one attached hydrogen (secondary N) is 1. The van der Waals surface area contributed by atoms with Gasteiger partial charge in [-0.2, -0.15) is 0 Å². The van der Waals surface area contributed by atoms with Gasteiger partial charge in [-0.05, 0) is 17.5 Å². The van der Waals surface area contributed by atoms with Crippen LogP contribution >= 0.6 is 0 Å². The second kappa shape index (κ2) is 7.60. The van der Waals surface area contributed by atoms with Crippen molar-refractivity contribution in [1.29, 1.82) is 0 Å². The van der Waals surface area contributed by atoms with Crippen LogP contribution in [0.4, 0.5) is 0 Å². The van der Waals surface area contributed by atoms with E-state index in [0.29, 0.717) is 0 Å². The third-order valence-electron chi connectivity index (χ3n) is 3.63. The molecule has 2 atom stereocenters. The van der Waals surface area contributed by atoms with Crippen molar-refractivity contribution in [3.8, 4) is 0 Å². The molecule has 0 aliphatic carbocycles. The molecule has 0 heterocycles. The molecule has 2 unspecified atom stereocenters. The highest BCUT2D eigenvalue weighted by atomic mass is 16.3. The van der Waals surface area contributed by atoms with Gasteiger partial charge < -0.3 is 10.4 Å². The number of amides is 1. The molecule has 2 aromatic carbocycles. The molecule has 0 aliphatic heterocycles. The molecule has 110 valence electrons. The van der Waals surface area contributed by atoms with Crippen LogP contribution in [0.3, 0.4) is 0 Å². The zero-order valence-electron chi connectivity index (χ0n) is 12.2. The Labute approximate surface area is 125 Å². The molecule has 0 fully saturated rings. The fraction of sp³-hybridized carbons (Fsp3) is 0.278. The van der Waals surface area contributed by atoms with Crippen molar-refractivity contribution < 1.29 is 9.90 Å². The van der Waals surface area contributed by atoms with Crippen LogP contribution in [0.5, 0.6) is 0 Å². The smallest absolute Gasteiger partial charge is 0.228 e. The standard InChI is InChI=1S/C18H21NO2/c1-2-16(14-9-5-3-6-10-14)18(21)19-17(13-20)15-11-7-4-8-12-15/h3-12,16-17,20H,2,13H2,1H3,(H,19,21). The van der Waals surface area contributed by atoms with Gasteiger partial charge in [-0.1, -0.05) is 67.6 Å². The summed E-state index contributed by atoms with van der Waals surface area (Å²) < 4.78 is 0. The monoisotopic (exact) mass is 283 g/mol. The first-order valence-electron chi connectivity index (χ1n) is 7.27. The lowest BCUT2D eigenvalue weighted by molar-refractivity contribution is -0.123. The van der Waals surface area contributed by atoms with Crippen molar-refractivity contribution in [3.63, 3.8) is 0 Å². The number of carbonyl (C=O) groups is 1. The molecule has 1 amide bonds. The minimum atomic E-state index is -0.364. The molecular formula is C18H21NO2. The zero-order chi connectivity index (χ0) is 15.1. The molecule has 3 heteroatoms. The fourth-order valence-corrected chi connectivity index (χ4v) is 2.45. The number of aliphatic hydroxyl groups is 1. The highest BCUT2D eigenvalue weighted by Crippen LogP contribution is 2.21. The highest BCUT2D eigenvalue weighted by Gasteiger charge is 2.21. The Morgan fingerprint density at radius 1 is 1.00 bits per heavy atom. The van der Waals surface area contributed by atoms with Crippen molar-refractivity contribution in [1.82, 2.24) is 5.32 Å². The maximum Gasteiger partial charge on any atom is 0.228 e. The Morgan fingerprint density at radius 2 is 1.52 bits per heavy atom. The number of hydrogen-bond donors (Lipinski definition) is 2. The van der Waals surface area contributed by atoms with Gasteiger partial charge in [0.25, 0.3) is 0 Å². The van der Waals surface area contributed by atoms with Crippen molar-refractivity contribution in [3.05, 3.63) is 71.8 Å². The molecular weight excluding hydrogens is 262 g/mol. The van der Waals surface area contributed by atoms with Crippen LogP contribution in [0.1, 0.15) is 36.4 Å². The molecule has 0 spiro atoms. The summed E-state index contributed by atoms with van der Waals surface area (Å²) in [4.78, 5) is 12.5. The van der Waals surface area contributed by atoms with E-state index in [2.05, 4.69) is 5.32 Å². The first-order valence-corrected chi connectivity index (χ1v) is 7.27. The van der Waals surface area contributed by atoms with E-state index in [1.807, 2.05) is 67.6 Å². The molecule has 0 aliphatic rings. The summed E-state index contributed by atoms with van der Waals surface area (Å²) in [6.45, 7) is 1.88. The van der Waals surface area contributed by atoms with Crippen LogP contribution < -0.4 is 5.32 Å². The zero-order valence-corrected chi connectivity index (χ0v) is 12.2. The van der Waals surface area contributed by atoms with Gasteiger partial charge in [-0.3, -0.25) is 4.79 Å². The van der Waals surface area contributed by atoms with Gasteiger partial charge in [0.1, 0.15) is 0 Å². The lowest BCUT2D eigenvalue weighted by atomic mass is 9.95. The normalized spacial score (nSPS) is 13.4. The Hall–Kier alpha value is -2.13. The largest absolute Gasteiger partial charge is 0.394 e. The van der Waals surface area contributed by atoms with Crippen LogP contribution in [0.25, 0.3) is 0 Å². The Balaban J connectivity index is 2.11. The molecule has 3 nitrogen and oxygen atoms in total. The summed E-state index contributed by atoms with van der Waals surface area (Å²) >= 11 is 0. The third-order valence-corrected chi connectivity index (χ3v) is 3.63. The number of aliphatic hydroxyl groups excluding tert-OH is 1. The van der Waals surface area contributed by atoms with Crippen LogP contribution in [0.2, 0.25) is 0 Å². The van der Waals surface area contributed by atoms with Crippen molar-refractivity contribution in [2.24, 2.45) is 0 Å². The fourth-order valence-electron chi connectivity index (χ4n) is 2.45. The predicted octanol–water partition coefficient (Wildman–Crippen LogP) is 3.03. The van der Waals surface area contributed by atoms with Crippen molar-refractivity contribution >= 4 is 5.91 Å². The first kappa shape index (κ1) is 15.3. The van der Waals surface area contributed by atoms with E-state index < -0.39 is 0 Å². The maximum absolute atomic E-state index is 12.5. The summed E-state index contributed by atoms with van der Waals surface area (Å²) in [7, 11) is 0. The average molecular weight is 283 g/mol. The number of carbonyl (C=O) groups excluding carboxylic acids is 1. The van der Waals surface area contributed by atoms with Gasteiger partial charge in [-0.15, -0.1) is 0 Å². The lowest BCUT2D eigenvalue weighted by Crippen LogP contribution is -2.34. The summed E-state index contributed by atoms with van der Waals surface area (Å²) in [6, 6.07) is 18.9. The topological polar surface area (TPSA) is 49.3 Å². The van der Waals surface area contributed by atoms with E-state index in [-0.39, 0.29) is 24.5 Å². The molecule has 2 rings (SSSR count). The summed E-state index contributed by atoms with van der Waals surface area (Å²) in [5.41, 5.74) is 1.92. The van der Waals surface area contributed by atoms with Gasteiger partial charge in [-0.25, -0.2) is 0 Å². The van der Waals surface area contributed by atoms with Crippen LogP contribution in [0, 0.1) is 0 Å². The maximum atomic E-state index is 12.5. The van der Waals surface area contributed by atoms with E-state index >= 15 is 0 Å². The van der Waals surface area contributed by atoms with Crippen molar-refractivity contribution in [2.75, 3.05) is 6.61 Å². The van der Waals surface area contributed by atoms with Crippen LogP contribution in [0.15, 0.2) is 60.7 Å². The Bertz CT molecular complexity index is 554. The summed E-state index contributed by atoms with van der Waals surface area (Å²) in [5, 5.41) is 12.5. The minimum Gasteiger partial charge on any atom is -0.394 e. The summed E-state index contributed by atoms with van der Waals surface area (Å²) in [6.07, 6.45) is 0.725. The number of hydrogen-bond acceptors (Lipinski definition) is 2. The molecule has 0 saturated heterocycles. The predicted molar refractivity (Wildman–Crippen MR) is 83.9 cm³/mol. The van der Waals surface area contributed by atoms with Gasteiger partial charge in [0.05, 0.1) is 18.6 Å². The average Bonchev–Trinajstić information content (AvgIpc) is 2.55. The van der Waals surface area contributed by atoms with Crippen molar-refractivity contribution in [2.45, 2.75) is 25.3 Å². The minimum absolute atomic E-state index is 0.0494. The van der Waals surface area contributed by atoms with E-state index in [1.165, 1.54) is 0 Å². The SMILES string of the molecule is CCC(C(=O)NC(CO)c1ccccc1)c1ccccc1. The van der Waals surface area contributed by atoms with Gasteiger partial charge >= 0.3 is 0 Å². The molecule has 0 radical (unpaired) electrons. The molecule has 21 heavy (non-hydrogen) atoms. The van der Waals surface area contributed by atoms with E-state index in [0.717, 1.165) is 17.5 Å². The van der Waals surface area contributed by atoms with Gasteiger partial charge in [0.2, 0.25) is 5.91 Å². The molecule has 2 aromatic rings. The Morgan fingerprint density at radius 3 is 2.00 bits per heavy atom. The lowest BCUT2D eigenvalue weighted by Gasteiger charge is -2.21. The first-order chi connectivity index (χ1) is 10.3. The van der Waals surface area contributed by atoms with Crippen LogP contribution in [-0.2, 0) is 4.79 Å². The van der Waals surface area contributed by atoms with Gasteiger partial charge in [0.15, 0.2) is 0 Å². The second-order valence-electron chi connectivity index (χ2n) is 5.03. The second-order valence-corrected chi connectivity index (χ2v) is 5.03. The van der Waals surface area contributed by atoms with E-state index in [4.69, 9.17) is 0 Å². The summed E-state index contributed by atoms with van der Waals surface area (Å²) in [5.74, 6) is -0.240. The van der Waals surface area contributed by atoms with Gasteiger partial charge in [0, 0.05) is 0 Å². The number of rotatable bonds is 6. The van der Waals surface area contributed by atoms with E-state index in [9.17, 15) is 9.90 Å². The van der Waals surface area contributed by atoms with Crippen LogP contribution in [-0.4, -0.2) is 17.6 Å². The molecule has 0 saturated carbocycles. The van der Waals surface area contributed by atoms with E-state index in [1.54, 1.807) is 0 Å².